The van der Waals surface area contributed by atoms with Crippen molar-refractivity contribution in [3.05, 3.63) is 0 Å². The summed E-state index contributed by atoms with van der Waals surface area (Å²) in [7, 11) is 0. The van der Waals surface area contributed by atoms with Crippen LogP contribution in [-0.2, 0) is 4.79 Å². The average molecular weight is 230 g/mol. The van der Waals surface area contributed by atoms with Crippen LogP contribution in [0.5, 0.6) is 0 Å². The van der Waals surface area contributed by atoms with Gasteiger partial charge in [0.05, 0.1) is 12.1 Å². The lowest BCUT2D eigenvalue weighted by Crippen LogP contribution is -2.56. The van der Waals surface area contributed by atoms with Crippen LogP contribution in [0.2, 0.25) is 0 Å². The van der Waals surface area contributed by atoms with Crippen molar-refractivity contribution in [3.8, 4) is 0 Å². The van der Waals surface area contributed by atoms with E-state index in [1.54, 1.807) is 6.92 Å². The first kappa shape index (κ1) is 15.4. The molecule has 0 aromatic carbocycles. The van der Waals surface area contributed by atoms with Gasteiger partial charge in [-0.3, -0.25) is 10.1 Å². The fourth-order valence-corrected chi connectivity index (χ4v) is 1.21. The van der Waals surface area contributed by atoms with E-state index in [0.717, 1.165) is 6.42 Å². The molecule has 1 amide bonds. The Morgan fingerprint density at radius 1 is 1.31 bits per heavy atom. The van der Waals surface area contributed by atoms with Crippen molar-refractivity contribution in [1.82, 2.24) is 10.6 Å². The maximum atomic E-state index is 11.8. The molecule has 3 atom stereocenters. The van der Waals surface area contributed by atoms with Crippen molar-refractivity contribution in [2.24, 2.45) is 0 Å². The second-order valence-corrected chi connectivity index (χ2v) is 5.08. The molecule has 0 aromatic rings. The molecule has 0 saturated carbocycles. The molecule has 0 aliphatic carbocycles. The third kappa shape index (κ3) is 4.94. The molecule has 4 nitrogen and oxygen atoms in total. The summed E-state index contributed by atoms with van der Waals surface area (Å²) >= 11 is 0. The molecule has 0 rings (SSSR count). The Morgan fingerprint density at radius 3 is 2.19 bits per heavy atom. The molecule has 0 bridgehead atoms. The van der Waals surface area contributed by atoms with E-state index in [9.17, 15) is 9.90 Å². The van der Waals surface area contributed by atoms with Gasteiger partial charge in [-0.2, -0.15) is 0 Å². The van der Waals surface area contributed by atoms with E-state index >= 15 is 0 Å². The van der Waals surface area contributed by atoms with E-state index in [1.165, 1.54) is 0 Å². The van der Waals surface area contributed by atoms with Gasteiger partial charge in [-0.1, -0.05) is 6.92 Å². The van der Waals surface area contributed by atoms with Gasteiger partial charge in [0.15, 0.2) is 0 Å². The predicted molar refractivity (Wildman–Crippen MR) is 66.3 cm³/mol. The Labute approximate surface area is 98.8 Å². The van der Waals surface area contributed by atoms with Crippen molar-refractivity contribution in [2.75, 3.05) is 0 Å². The lowest BCUT2D eigenvalue weighted by molar-refractivity contribution is -0.124. The van der Waals surface area contributed by atoms with Crippen LogP contribution in [0, 0.1) is 0 Å². The van der Waals surface area contributed by atoms with Gasteiger partial charge < -0.3 is 10.4 Å². The van der Waals surface area contributed by atoms with Crippen molar-refractivity contribution < 1.29 is 9.90 Å². The molecule has 0 aromatic heterocycles. The quantitative estimate of drug-likeness (QED) is 0.639. The second kappa shape index (κ2) is 6.21. The monoisotopic (exact) mass is 230 g/mol. The lowest BCUT2D eigenvalue weighted by Gasteiger charge is -2.32. The zero-order valence-electron chi connectivity index (χ0n) is 11.3. The van der Waals surface area contributed by atoms with Gasteiger partial charge >= 0.3 is 0 Å². The van der Waals surface area contributed by atoms with Crippen molar-refractivity contribution in [3.63, 3.8) is 0 Å². The topological polar surface area (TPSA) is 61.4 Å². The van der Waals surface area contributed by atoms with E-state index in [4.69, 9.17) is 0 Å². The standard InChI is InChI=1S/C12H26N2O2/c1-7-8(2)13-11(16)9(3)14-12(5,6)10(4)15/h8-10,14-15H,7H2,1-6H3,(H,13,16). The summed E-state index contributed by atoms with van der Waals surface area (Å²) in [5, 5.41) is 15.6. The molecule has 0 aliphatic heterocycles. The molecule has 0 heterocycles. The Bertz CT molecular complexity index is 227. The maximum Gasteiger partial charge on any atom is 0.237 e. The van der Waals surface area contributed by atoms with Crippen LogP contribution in [0.1, 0.15) is 48.0 Å². The van der Waals surface area contributed by atoms with Crippen molar-refractivity contribution in [2.45, 2.75) is 71.7 Å². The first-order valence-electron chi connectivity index (χ1n) is 5.96. The van der Waals surface area contributed by atoms with Crippen LogP contribution < -0.4 is 10.6 Å². The minimum absolute atomic E-state index is 0.0249. The summed E-state index contributed by atoms with van der Waals surface area (Å²) in [6.45, 7) is 11.3. The zero-order valence-corrected chi connectivity index (χ0v) is 11.3. The first-order valence-corrected chi connectivity index (χ1v) is 5.96. The second-order valence-electron chi connectivity index (χ2n) is 5.08. The Hall–Kier alpha value is -0.610. The first-order chi connectivity index (χ1) is 7.20. The average Bonchev–Trinajstić information content (AvgIpc) is 2.16. The third-order valence-corrected chi connectivity index (χ3v) is 3.03. The van der Waals surface area contributed by atoms with Crippen LogP contribution in [-0.4, -0.2) is 34.7 Å². The molecular weight excluding hydrogens is 204 g/mol. The minimum atomic E-state index is -0.508. The minimum Gasteiger partial charge on any atom is -0.392 e. The smallest absolute Gasteiger partial charge is 0.237 e. The van der Waals surface area contributed by atoms with Gasteiger partial charge in [0.1, 0.15) is 0 Å². The van der Waals surface area contributed by atoms with Gasteiger partial charge in [0, 0.05) is 11.6 Å². The van der Waals surface area contributed by atoms with Crippen LogP contribution in [0.15, 0.2) is 0 Å². The number of amides is 1. The van der Waals surface area contributed by atoms with Crippen LogP contribution in [0.4, 0.5) is 0 Å². The SMILES string of the molecule is CCC(C)NC(=O)C(C)NC(C)(C)C(C)O. The van der Waals surface area contributed by atoms with Crippen molar-refractivity contribution in [1.29, 1.82) is 0 Å². The maximum absolute atomic E-state index is 11.8. The van der Waals surface area contributed by atoms with Gasteiger partial charge in [-0.25, -0.2) is 0 Å². The molecule has 0 spiro atoms. The normalized spacial score (nSPS) is 17.7. The molecule has 3 N–H and O–H groups in total. The molecule has 0 radical (unpaired) electrons. The Balaban J connectivity index is 4.25. The molecule has 96 valence electrons. The Kier molecular flexibility index (Phi) is 5.97. The molecule has 16 heavy (non-hydrogen) atoms. The molecule has 0 fully saturated rings. The molecular formula is C12H26N2O2. The highest BCUT2D eigenvalue weighted by molar-refractivity contribution is 5.81. The highest BCUT2D eigenvalue weighted by atomic mass is 16.3. The van der Waals surface area contributed by atoms with Gasteiger partial charge in [0.25, 0.3) is 0 Å². The van der Waals surface area contributed by atoms with E-state index in [1.807, 2.05) is 34.6 Å². The third-order valence-electron chi connectivity index (χ3n) is 3.03. The summed E-state index contributed by atoms with van der Waals surface area (Å²) in [4.78, 5) is 11.8. The number of aliphatic hydroxyl groups excluding tert-OH is 1. The molecule has 4 heteroatoms. The summed E-state index contributed by atoms with van der Waals surface area (Å²) in [5.74, 6) is -0.0249. The molecule has 3 unspecified atom stereocenters. The highest BCUT2D eigenvalue weighted by Crippen LogP contribution is 2.09. The Morgan fingerprint density at radius 2 is 1.81 bits per heavy atom. The number of hydrogen-bond donors (Lipinski definition) is 3. The number of rotatable bonds is 6. The highest BCUT2D eigenvalue weighted by Gasteiger charge is 2.28. The van der Waals surface area contributed by atoms with Gasteiger partial charge in [0.2, 0.25) is 5.91 Å². The fourth-order valence-electron chi connectivity index (χ4n) is 1.21. The van der Waals surface area contributed by atoms with Crippen LogP contribution >= 0.6 is 0 Å². The lowest BCUT2D eigenvalue weighted by atomic mass is 9.97. The van der Waals surface area contributed by atoms with E-state index < -0.39 is 11.6 Å². The number of nitrogens with one attached hydrogen (secondary N) is 2. The summed E-state index contributed by atoms with van der Waals surface area (Å²) in [5.41, 5.74) is -0.466. The zero-order chi connectivity index (χ0) is 12.9. The van der Waals surface area contributed by atoms with E-state index in [0.29, 0.717) is 0 Å². The number of carbonyl (C=O) groups excluding carboxylic acids is 1. The van der Waals surface area contributed by atoms with Crippen molar-refractivity contribution >= 4 is 5.91 Å². The molecule has 0 saturated heterocycles. The largest absolute Gasteiger partial charge is 0.392 e. The number of hydrogen-bond acceptors (Lipinski definition) is 3. The molecule has 0 aliphatic rings. The summed E-state index contributed by atoms with van der Waals surface area (Å²) in [6.07, 6.45) is 0.407. The van der Waals surface area contributed by atoms with E-state index in [2.05, 4.69) is 10.6 Å². The summed E-state index contributed by atoms with van der Waals surface area (Å²) in [6, 6.07) is -0.120. The number of aliphatic hydroxyl groups is 1. The number of carbonyl (C=O) groups is 1. The van der Waals surface area contributed by atoms with Crippen LogP contribution in [0.3, 0.4) is 0 Å². The van der Waals surface area contributed by atoms with Gasteiger partial charge in [-0.15, -0.1) is 0 Å². The van der Waals surface area contributed by atoms with E-state index in [-0.39, 0.29) is 18.0 Å². The van der Waals surface area contributed by atoms with Gasteiger partial charge in [-0.05, 0) is 41.0 Å². The van der Waals surface area contributed by atoms with Crippen LogP contribution in [0.25, 0.3) is 0 Å². The summed E-state index contributed by atoms with van der Waals surface area (Å²) < 4.78 is 0. The fraction of sp³-hybridized carbons (Fsp3) is 0.917. The predicted octanol–water partition coefficient (Wildman–Crippen LogP) is 1.04.